The average Bonchev–Trinajstić information content (AvgIpc) is 2.10. The molecule has 1 saturated heterocycles. The van der Waals surface area contributed by atoms with E-state index >= 15 is 0 Å². The van der Waals surface area contributed by atoms with Gasteiger partial charge in [-0.3, -0.25) is 0 Å². The van der Waals surface area contributed by atoms with Crippen LogP contribution in [0.25, 0.3) is 4.91 Å². The smallest absolute Gasteiger partial charge is 0.177 e. The summed E-state index contributed by atoms with van der Waals surface area (Å²) in [6.07, 6.45) is 2.07. The lowest BCUT2D eigenvalue weighted by Crippen LogP contribution is -2.30. The lowest BCUT2D eigenvalue weighted by molar-refractivity contribution is 0.606. The molecule has 0 radical (unpaired) electrons. The van der Waals surface area contributed by atoms with Crippen molar-refractivity contribution in [2.45, 2.75) is 6.42 Å². The van der Waals surface area contributed by atoms with Gasteiger partial charge in [0, 0.05) is 24.9 Å². The van der Waals surface area contributed by atoms with E-state index in [0.717, 1.165) is 24.2 Å². The first-order valence-electron chi connectivity index (χ1n) is 4.81. The van der Waals surface area contributed by atoms with Crippen LogP contribution >= 0.6 is 0 Å². The zero-order valence-electron chi connectivity index (χ0n) is 8.53. The molecule has 15 heavy (non-hydrogen) atoms. The van der Waals surface area contributed by atoms with E-state index in [1.807, 2.05) is 30.3 Å². The number of hydrogen-bond acceptors (Lipinski definition) is 3. The standard InChI is InChI=1S/C11H13NO2S/c1-15(13,14)11(10-7-8-12-10)9-5-3-2-4-6-9/h2-6,12H,7-8H2,1H3. The highest BCUT2D eigenvalue weighted by Gasteiger charge is 2.22. The number of sulfone groups is 1. The monoisotopic (exact) mass is 223 g/mol. The molecule has 0 aliphatic carbocycles. The Morgan fingerprint density at radius 1 is 1.27 bits per heavy atom. The summed E-state index contributed by atoms with van der Waals surface area (Å²) in [7, 11) is -3.16. The molecule has 1 aromatic carbocycles. The SMILES string of the molecule is CS(=O)(=O)C(=C1CCN1)c1ccccc1. The Morgan fingerprint density at radius 3 is 2.27 bits per heavy atom. The summed E-state index contributed by atoms with van der Waals surface area (Å²) in [4.78, 5) is 0.439. The molecule has 4 heteroatoms. The lowest BCUT2D eigenvalue weighted by atomic mass is 10.1. The van der Waals surface area contributed by atoms with Gasteiger partial charge in [-0.05, 0) is 5.56 Å². The quantitative estimate of drug-likeness (QED) is 0.824. The van der Waals surface area contributed by atoms with Crippen molar-refractivity contribution in [1.82, 2.24) is 5.32 Å². The van der Waals surface area contributed by atoms with Gasteiger partial charge in [0.25, 0.3) is 0 Å². The molecule has 1 aromatic rings. The third kappa shape index (κ3) is 2.04. The second kappa shape index (κ2) is 3.70. The number of benzene rings is 1. The number of nitrogens with one attached hydrogen (secondary N) is 1. The molecular formula is C11H13NO2S. The maximum atomic E-state index is 11.7. The summed E-state index contributed by atoms with van der Waals surface area (Å²) in [5.74, 6) is 0. The lowest BCUT2D eigenvalue weighted by Gasteiger charge is -2.23. The molecule has 1 N–H and O–H groups in total. The highest BCUT2D eigenvalue weighted by Crippen LogP contribution is 2.27. The second-order valence-electron chi connectivity index (χ2n) is 3.62. The molecule has 1 aliphatic rings. The minimum Gasteiger partial charge on any atom is -0.387 e. The molecule has 0 bridgehead atoms. The molecule has 0 aromatic heterocycles. The Labute approximate surface area is 89.7 Å². The van der Waals surface area contributed by atoms with Crippen molar-refractivity contribution in [2.24, 2.45) is 0 Å². The normalized spacial score (nSPS) is 19.0. The van der Waals surface area contributed by atoms with Gasteiger partial charge in [0.1, 0.15) is 0 Å². The maximum Gasteiger partial charge on any atom is 0.177 e. The van der Waals surface area contributed by atoms with Gasteiger partial charge in [-0.25, -0.2) is 8.42 Å². The largest absolute Gasteiger partial charge is 0.387 e. The Balaban J connectivity index is 2.55. The zero-order chi connectivity index (χ0) is 10.9. The molecule has 2 rings (SSSR count). The van der Waals surface area contributed by atoms with Crippen molar-refractivity contribution < 1.29 is 8.42 Å². The van der Waals surface area contributed by atoms with E-state index in [9.17, 15) is 8.42 Å². The number of rotatable bonds is 2. The van der Waals surface area contributed by atoms with Gasteiger partial charge < -0.3 is 5.32 Å². The molecule has 3 nitrogen and oxygen atoms in total. The highest BCUT2D eigenvalue weighted by molar-refractivity contribution is 8.00. The minimum atomic E-state index is -3.16. The topological polar surface area (TPSA) is 46.2 Å². The van der Waals surface area contributed by atoms with Crippen molar-refractivity contribution in [3.8, 4) is 0 Å². The van der Waals surface area contributed by atoms with Gasteiger partial charge in [0.05, 0.1) is 4.91 Å². The summed E-state index contributed by atoms with van der Waals surface area (Å²) < 4.78 is 23.3. The van der Waals surface area contributed by atoms with Crippen molar-refractivity contribution in [2.75, 3.05) is 12.8 Å². The van der Waals surface area contributed by atoms with Gasteiger partial charge in [0.2, 0.25) is 0 Å². The van der Waals surface area contributed by atoms with Crippen LogP contribution in [0.4, 0.5) is 0 Å². The van der Waals surface area contributed by atoms with Crippen molar-refractivity contribution in [3.63, 3.8) is 0 Å². The Bertz CT molecular complexity index is 483. The molecule has 0 unspecified atom stereocenters. The van der Waals surface area contributed by atoms with E-state index in [1.54, 1.807) is 0 Å². The predicted molar refractivity (Wildman–Crippen MR) is 60.8 cm³/mol. The summed E-state index contributed by atoms with van der Waals surface area (Å²) in [6, 6.07) is 9.22. The molecule has 0 atom stereocenters. The second-order valence-corrected chi connectivity index (χ2v) is 5.58. The van der Waals surface area contributed by atoms with E-state index < -0.39 is 9.84 Å². The fourth-order valence-electron chi connectivity index (χ4n) is 1.65. The van der Waals surface area contributed by atoms with E-state index in [-0.39, 0.29) is 0 Å². The first kappa shape index (κ1) is 10.2. The van der Waals surface area contributed by atoms with Gasteiger partial charge in [-0.2, -0.15) is 0 Å². The Morgan fingerprint density at radius 2 is 1.87 bits per heavy atom. The average molecular weight is 223 g/mol. The fourth-order valence-corrected chi connectivity index (χ4v) is 2.83. The first-order chi connectivity index (χ1) is 7.09. The molecule has 80 valence electrons. The van der Waals surface area contributed by atoms with Crippen LogP contribution in [0.15, 0.2) is 36.0 Å². The van der Waals surface area contributed by atoms with Crippen LogP contribution in [-0.2, 0) is 9.84 Å². The first-order valence-corrected chi connectivity index (χ1v) is 6.70. The highest BCUT2D eigenvalue weighted by atomic mass is 32.2. The minimum absolute atomic E-state index is 0.439. The Kier molecular flexibility index (Phi) is 2.52. The van der Waals surface area contributed by atoms with E-state index in [1.165, 1.54) is 6.26 Å². The summed E-state index contributed by atoms with van der Waals surface area (Å²) >= 11 is 0. The van der Waals surface area contributed by atoms with Gasteiger partial charge in [0.15, 0.2) is 9.84 Å². The van der Waals surface area contributed by atoms with Crippen LogP contribution in [-0.4, -0.2) is 21.2 Å². The van der Waals surface area contributed by atoms with Gasteiger partial charge >= 0.3 is 0 Å². The maximum absolute atomic E-state index is 11.7. The molecule has 1 aliphatic heterocycles. The van der Waals surface area contributed by atoms with E-state index in [2.05, 4.69) is 5.32 Å². The third-order valence-corrected chi connectivity index (χ3v) is 3.62. The fraction of sp³-hybridized carbons (Fsp3) is 0.273. The Hall–Kier alpha value is -1.29. The summed E-state index contributed by atoms with van der Waals surface area (Å²) in [5, 5.41) is 3.05. The van der Waals surface area contributed by atoms with Crippen molar-refractivity contribution >= 4 is 14.7 Å². The molecule has 1 heterocycles. The molecule has 0 saturated carbocycles. The number of hydrogen-bond donors (Lipinski definition) is 1. The van der Waals surface area contributed by atoms with Crippen LogP contribution in [0.3, 0.4) is 0 Å². The third-order valence-electron chi connectivity index (χ3n) is 2.39. The van der Waals surface area contributed by atoms with Crippen LogP contribution in [0, 0.1) is 0 Å². The molecule has 1 fully saturated rings. The summed E-state index contributed by atoms with van der Waals surface area (Å²) in [6.45, 7) is 0.862. The van der Waals surface area contributed by atoms with Crippen LogP contribution in [0.2, 0.25) is 0 Å². The van der Waals surface area contributed by atoms with Crippen LogP contribution < -0.4 is 5.32 Å². The zero-order valence-corrected chi connectivity index (χ0v) is 9.34. The van der Waals surface area contributed by atoms with Gasteiger partial charge in [-0.15, -0.1) is 0 Å². The molecule has 0 amide bonds. The predicted octanol–water partition coefficient (Wildman–Crippen LogP) is 1.39. The summed E-state index contributed by atoms with van der Waals surface area (Å²) in [5.41, 5.74) is 1.60. The molecular weight excluding hydrogens is 210 g/mol. The van der Waals surface area contributed by atoms with Crippen molar-refractivity contribution in [3.05, 3.63) is 41.6 Å². The van der Waals surface area contributed by atoms with E-state index in [0.29, 0.717) is 4.91 Å². The molecule has 0 spiro atoms. The van der Waals surface area contributed by atoms with E-state index in [4.69, 9.17) is 0 Å². The van der Waals surface area contributed by atoms with Crippen LogP contribution in [0.5, 0.6) is 0 Å². The van der Waals surface area contributed by atoms with Crippen molar-refractivity contribution in [1.29, 1.82) is 0 Å². The van der Waals surface area contributed by atoms with Crippen LogP contribution in [0.1, 0.15) is 12.0 Å². The van der Waals surface area contributed by atoms with Gasteiger partial charge in [-0.1, -0.05) is 30.3 Å².